The van der Waals surface area contributed by atoms with Crippen molar-refractivity contribution in [2.75, 3.05) is 26.2 Å². The van der Waals surface area contributed by atoms with Crippen LogP contribution in [0, 0.1) is 11.8 Å². The molecule has 2 saturated heterocycles. The van der Waals surface area contributed by atoms with Crippen molar-refractivity contribution in [3.63, 3.8) is 0 Å². The lowest BCUT2D eigenvalue weighted by Gasteiger charge is -2.32. The molecule has 0 amide bonds. The first kappa shape index (κ1) is 12.3. The summed E-state index contributed by atoms with van der Waals surface area (Å²) >= 11 is 0. The Hall–Kier alpha value is -0.120. The Morgan fingerprint density at radius 3 is 2.81 bits per heavy atom. The number of nitrogens with zero attached hydrogens (tertiary/aromatic N) is 1. The summed E-state index contributed by atoms with van der Waals surface area (Å²) in [7, 11) is 0. The molecule has 2 aliphatic heterocycles. The van der Waals surface area contributed by atoms with Crippen molar-refractivity contribution in [3.05, 3.63) is 0 Å². The average molecular weight is 226 g/mol. The van der Waals surface area contributed by atoms with Gasteiger partial charge in [0.1, 0.15) is 0 Å². The Kier molecular flexibility index (Phi) is 3.57. The molecule has 0 aromatic heterocycles. The highest BCUT2D eigenvalue weighted by molar-refractivity contribution is 4.94. The number of nitrogens with one attached hydrogen (secondary N) is 1. The Morgan fingerprint density at radius 1 is 1.44 bits per heavy atom. The Balaban J connectivity index is 1.88. The summed E-state index contributed by atoms with van der Waals surface area (Å²) in [5.41, 5.74) is -0.548. The van der Waals surface area contributed by atoms with Crippen LogP contribution in [0.3, 0.4) is 0 Å². The molecular formula is C13H26N2O. The highest BCUT2D eigenvalue weighted by atomic mass is 16.3. The van der Waals surface area contributed by atoms with Gasteiger partial charge in [0.2, 0.25) is 0 Å². The van der Waals surface area contributed by atoms with Crippen LogP contribution in [0.5, 0.6) is 0 Å². The molecule has 0 aromatic carbocycles. The van der Waals surface area contributed by atoms with Gasteiger partial charge in [0.05, 0.1) is 5.60 Å². The van der Waals surface area contributed by atoms with Crippen LogP contribution in [-0.2, 0) is 0 Å². The quantitative estimate of drug-likeness (QED) is 0.756. The lowest BCUT2D eigenvalue weighted by molar-refractivity contribution is -0.0145. The van der Waals surface area contributed by atoms with Gasteiger partial charge in [-0.05, 0) is 38.1 Å². The summed E-state index contributed by atoms with van der Waals surface area (Å²) in [4.78, 5) is 2.44. The van der Waals surface area contributed by atoms with E-state index in [1.807, 2.05) is 6.92 Å². The van der Waals surface area contributed by atoms with Gasteiger partial charge in [-0.2, -0.15) is 0 Å². The summed E-state index contributed by atoms with van der Waals surface area (Å²) in [6.45, 7) is 10.4. The van der Waals surface area contributed by atoms with Crippen LogP contribution >= 0.6 is 0 Å². The van der Waals surface area contributed by atoms with E-state index < -0.39 is 5.60 Å². The minimum Gasteiger partial charge on any atom is -0.389 e. The van der Waals surface area contributed by atoms with Crippen LogP contribution in [0.1, 0.15) is 33.6 Å². The molecule has 2 fully saturated rings. The lowest BCUT2D eigenvalue weighted by atomic mass is 9.92. The standard InChI is InChI=1S/C13H26N2O/c1-10(2)13(3,16)9-15-7-11-5-4-6-14-12(11)8-15/h10-12,14,16H,4-9H2,1-3H3. The van der Waals surface area contributed by atoms with Crippen molar-refractivity contribution in [3.8, 4) is 0 Å². The molecule has 2 rings (SSSR count). The molecule has 0 radical (unpaired) electrons. The Bertz CT molecular complexity index is 226. The molecule has 0 spiro atoms. The van der Waals surface area contributed by atoms with Crippen molar-refractivity contribution in [2.45, 2.75) is 45.3 Å². The fraction of sp³-hybridized carbons (Fsp3) is 1.00. The van der Waals surface area contributed by atoms with Crippen molar-refractivity contribution in [2.24, 2.45) is 11.8 Å². The maximum atomic E-state index is 10.3. The van der Waals surface area contributed by atoms with E-state index in [1.54, 1.807) is 0 Å². The van der Waals surface area contributed by atoms with Crippen molar-refractivity contribution in [1.82, 2.24) is 10.2 Å². The fourth-order valence-electron chi connectivity index (χ4n) is 2.90. The first-order valence-electron chi connectivity index (χ1n) is 6.67. The normalized spacial score (nSPS) is 35.1. The van der Waals surface area contributed by atoms with E-state index in [4.69, 9.17) is 0 Å². The Morgan fingerprint density at radius 2 is 2.19 bits per heavy atom. The second kappa shape index (κ2) is 4.63. The highest BCUT2D eigenvalue weighted by Gasteiger charge is 2.37. The van der Waals surface area contributed by atoms with E-state index in [0.717, 1.165) is 19.0 Å². The van der Waals surface area contributed by atoms with Gasteiger partial charge in [-0.25, -0.2) is 0 Å². The Labute approximate surface area is 99.2 Å². The third kappa shape index (κ3) is 2.58. The molecule has 2 N–H and O–H groups in total. The van der Waals surface area contributed by atoms with E-state index in [1.165, 1.54) is 25.9 Å². The van der Waals surface area contributed by atoms with Crippen LogP contribution in [0.15, 0.2) is 0 Å². The van der Waals surface area contributed by atoms with E-state index in [-0.39, 0.29) is 0 Å². The predicted octanol–water partition coefficient (Wildman–Crippen LogP) is 1.08. The number of aliphatic hydroxyl groups is 1. The van der Waals surface area contributed by atoms with Gasteiger partial charge in [0.15, 0.2) is 0 Å². The molecule has 3 nitrogen and oxygen atoms in total. The molecule has 3 heteroatoms. The van der Waals surface area contributed by atoms with Gasteiger partial charge in [-0.1, -0.05) is 13.8 Å². The molecule has 0 bridgehead atoms. The summed E-state index contributed by atoms with van der Waals surface area (Å²) in [5, 5.41) is 13.9. The van der Waals surface area contributed by atoms with Crippen molar-refractivity contribution < 1.29 is 5.11 Å². The molecular weight excluding hydrogens is 200 g/mol. The van der Waals surface area contributed by atoms with Crippen molar-refractivity contribution >= 4 is 0 Å². The average Bonchev–Trinajstić information content (AvgIpc) is 2.58. The monoisotopic (exact) mass is 226 g/mol. The van der Waals surface area contributed by atoms with Gasteiger partial charge in [0, 0.05) is 25.7 Å². The topological polar surface area (TPSA) is 35.5 Å². The number of fused-ring (bicyclic) bond motifs is 1. The van der Waals surface area contributed by atoms with Crippen LogP contribution in [-0.4, -0.2) is 47.8 Å². The minimum atomic E-state index is -0.548. The highest BCUT2D eigenvalue weighted by Crippen LogP contribution is 2.27. The zero-order valence-corrected chi connectivity index (χ0v) is 10.9. The zero-order valence-electron chi connectivity index (χ0n) is 10.9. The minimum absolute atomic E-state index is 0.322. The third-order valence-corrected chi connectivity index (χ3v) is 4.46. The van der Waals surface area contributed by atoms with Crippen molar-refractivity contribution in [1.29, 1.82) is 0 Å². The zero-order chi connectivity index (χ0) is 11.8. The number of likely N-dealkylation sites (tertiary alicyclic amines) is 1. The molecule has 0 aliphatic carbocycles. The fourth-order valence-corrected chi connectivity index (χ4v) is 2.90. The van der Waals surface area contributed by atoms with Gasteiger partial charge >= 0.3 is 0 Å². The van der Waals surface area contributed by atoms with E-state index in [2.05, 4.69) is 24.1 Å². The summed E-state index contributed by atoms with van der Waals surface area (Å²) in [6.07, 6.45) is 2.67. The molecule has 0 saturated carbocycles. The number of piperidine rings is 1. The summed E-state index contributed by atoms with van der Waals surface area (Å²) in [6, 6.07) is 0.678. The van der Waals surface area contributed by atoms with Gasteiger partial charge in [-0.3, -0.25) is 4.90 Å². The predicted molar refractivity (Wildman–Crippen MR) is 66.4 cm³/mol. The molecule has 0 aromatic rings. The smallest absolute Gasteiger partial charge is 0.0768 e. The number of hydrogen-bond donors (Lipinski definition) is 2. The van der Waals surface area contributed by atoms with Crippen LogP contribution in [0.4, 0.5) is 0 Å². The second-order valence-electron chi connectivity index (χ2n) is 6.17. The third-order valence-electron chi connectivity index (χ3n) is 4.46. The molecule has 3 atom stereocenters. The molecule has 94 valence electrons. The number of hydrogen-bond acceptors (Lipinski definition) is 3. The van der Waals surface area contributed by atoms with E-state index in [9.17, 15) is 5.11 Å². The van der Waals surface area contributed by atoms with E-state index >= 15 is 0 Å². The molecule has 2 heterocycles. The maximum Gasteiger partial charge on any atom is 0.0768 e. The number of rotatable bonds is 3. The van der Waals surface area contributed by atoms with E-state index in [0.29, 0.717) is 12.0 Å². The van der Waals surface area contributed by atoms with Gasteiger partial charge in [-0.15, -0.1) is 0 Å². The largest absolute Gasteiger partial charge is 0.389 e. The first-order chi connectivity index (χ1) is 7.49. The first-order valence-corrected chi connectivity index (χ1v) is 6.67. The number of β-amino-alcohol motifs (C(OH)–C–C–N with tert-alkyl or cyclic N) is 1. The van der Waals surface area contributed by atoms with Crippen LogP contribution < -0.4 is 5.32 Å². The summed E-state index contributed by atoms with van der Waals surface area (Å²) < 4.78 is 0. The SMILES string of the molecule is CC(C)C(C)(O)CN1CC2CCCNC2C1. The molecule has 16 heavy (non-hydrogen) atoms. The summed E-state index contributed by atoms with van der Waals surface area (Å²) in [5.74, 6) is 1.14. The van der Waals surface area contributed by atoms with Gasteiger partial charge in [0.25, 0.3) is 0 Å². The maximum absolute atomic E-state index is 10.3. The lowest BCUT2D eigenvalue weighted by Crippen LogP contribution is -2.45. The molecule has 3 unspecified atom stereocenters. The van der Waals surface area contributed by atoms with Crippen LogP contribution in [0.25, 0.3) is 0 Å². The van der Waals surface area contributed by atoms with Gasteiger partial charge < -0.3 is 10.4 Å². The van der Waals surface area contributed by atoms with Crippen LogP contribution in [0.2, 0.25) is 0 Å². The molecule has 2 aliphatic rings. The second-order valence-corrected chi connectivity index (χ2v) is 6.17.